The third-order valence-corrected chi connectivity index (χ3v) is 3.43. The number of amides is 1. The highest BCUT2D eigenvalue weighted by Gasteiger charge is 2.15. The van der Waals surface area contributed by atoms with Gasteiger partial charge in [-0.1, -0.05) is 19.8 Å². The highest BCUT2D eigenvalue weighted by Crippen LogP contribution is 2.03. The number of aromatic nitrogens is 1. The zero-order valence-electron chi connectivity index (χ0n) is 12.9. The average molecular weight is 343 g/mol. The van der Waals surface area contributed by atoms with Crippen molar-refractivity contribution in [3.63, 3.8) is 0 Å². The SMILES string of the molecule is CCCCCC[n+]1cccc(C(=O)N(CC)CC)c1.[Br-]. The average Bonchev–Trinajstić information content (AvgIpc) is 2.45. The van der Waals surface area contributed by atoms with Crippen molar-refractivity contribution in [1.82, 2.24) is 4.90 Å². The molecule has 0 radical (unpaired) electrons. The fraction of sp³-hybridized carbons (Fsp3) is 0.625. The lowest BCUT2D eigenvalue weighted by atomic mass is 10.2. The maximum absolute atomic E-state index is 12.2. The van der Waals surface area contributed by atoms with Crippen LogP contribution in [0.15, 0.2) is 24.5 Å². The van der Waals surface area contributed by atoms with Gasteiger partial charge in [0.25, 0.3) is 5.91 Å². The lowest BCUT2D eigenvalue weighted by Gasteiger charge is -2.17. The van der Waals surface area contributed by atoms with Gasteiger partial charge in [-0.2, -0.15) is 0 Å². The van der Waals surface area contributed by atoms with E-state index in [9.17, 15) is 4.79 Å². The van der Waals surface area contributed by atoms with E-state index in [1.165, 1.54) is 25.7 Å². The minimum absolute atomic E-state index is 0. The lowest BCUT2D eigenvalue weighted by Crippen LogP contribution is -3.00. The van der Waals surface area contributed by atoms with E-state index in [2.05, 4.69) is 11.5 Å². The van der Waals surface area contributed by atoms with Gasteiger partial charge in [-0.15, -0.1) is 0 Å². The van der Waals surface area contributed by atoms with Crippen molar-refractivity contribution in [2.75, 3.05) is 13.1 Å². The first-order valence-electron chi connectivity index (χ1n) is 7.51. The molecule has 0 fully saturated rings. The molecule has 0 aromatic carbocycles. The Bertz CT molecular complexity index is 392. The number of aryl methyl sites for hydroxylation is 1. The molecule has 0 saturated heterocycles. The highest BCUT2D eigenvalue weighted by molar-refractivity contribution is 5.93. The topological polar surface area (TPSA) is 24.2 Å². The Kier molecular flexibility index (Phi) is 10.3. The van der Waals surface area contributed by atoms with Crippen LogP contribution in [0.1, 0.15) is 56.8 Å². The number of unbranched alkanes of at least 4 members (excludes halogenated alkanes) is 3. The molecule has 3 nitrogen and oxygen atoms in total. The molecule has 0 unspecified atom stereocenters. The van der Waals surface area contributed by atoms with Gasteiger partial charge in [-0.3, -0.25) is 4.79 Å². The molecule has 1 heterocycles. The van der Waals surface area contributed by atoms with Crippen molar-refractivity contribution in [2.24, 2.45) is 0 Å². The van der Waals surface area contributed by atoms with Crippen LogP contribution in [0.5, 0.6) is 0 Å². The molecule has 4 heteroatoms. The molecule has 1 aromatic rings. The van der Waals surface area contributed by atoms with Gasteiger partial charge < -0.3 is 21.9 Å². The third kappa shape index (κ3) is 6.04. The Morgan fingerprint density at radius 1 is 1.15 bits per heavy atom. The summed E-state index contributed by atoms with van der Waals surface area (Å²) in [6.45, 7) is 8.78. The highest BCUT2D eigenvalue weighted by atomic mass is 79.9. The fourth-order valence-electron chi connectivity index (χ4n) is 2.20. The van der Waals surface area contributed by atoms with Gasteiger partial charge in [0, 0.05) is 25.6 Å². The first-order valence-corrected chi connectivity index (χ1v) is 7.51. The van der Waals surface area contributed by atoms with Crippen LogP contribution in [0.3, 0.4) is 0 Å². The summed E-state index contributed by atoms with van der Waals surface area (Å²) >= 11 is 0. The van der Waals surface area contributed by atoms with E-state index in [4.69, 9.17) is 0 Å². The van der Waals surface area contributed by atoms with E-state index in [1.54, 1.807) is 0 Å². The summed E-state index contributed by atoms with van der Waals surface area (Å²) in [7, 11) is 0. The van der Waals surface area contributed by atoms with Crippen LogP contribution < -0.4 is 21.5 Å². The number of hydrogen-bond donors (Lipinski definition) is 0. The van der Waals surface area contributed by atoms with E-state index in [1.807, 2.05) is 43.3 Å². The van der Waals surface area contributed by atoms with Crippen molar-refractivity contribution in [3.05, 3.63) is 30.1 Å². The third-order valence-electron chi connectivity index (χ3n) is 3.43. The number of hydrogen-bond acceptors (Lipinski definition) is 1. The standard InChI is InChI=1S/C16H27N2O.BrH/c1-4-7-8-9-12-17-13-10-11-15(14-17)16(19)18(5-2)6-3;/h10-11,13-14H,4-9,12H2,1-3H3;1H/q+1;/p-1. The summed E-state index contributed by atoms with van der Waals surface area (Å²) in [6.07, 6.45) is 9.01. The van der Waals surface area contributed by atoms with E-state index in [0.29, 0.717) is 0 Å². The summed E-state index contributed by atoms with van der Waals surface area (Å²) in [4.78, 5) is 14.1. The second-order valence-electron chi connectivity index (χ2n) is 4.87. The molecule has 0 spiro atoms. The Morgan fingerprint density at radius 3 is 2.45 bits per heavy atom. The maximum atomic E-state index is 12.2. The van der Waals surface area contributed by atoms with Crippen molar-refractivity contribution < 1.29 is 26.3 Å². The van der Waals surface area contributed by atoms with E-state index >= 15 is 0 Å². The van der Waals surface area contributed by atoms with E-state index < -0.39 is 0 Å². The molecule has 114 valence electrons. The quantitative estimate of drug-likeness (QED) is 0.483. The summed E-state index contributed by atoms with van der Waals surface area (Å²) in [5, 5.41) is 0. The molecule has 1 amide bonds. The normalized spacial score (nSPS) is 9.95. The van der Waals surface area contributed by atoms with Crippen molar-refractivity contribution in [2.45, 2.75) is 53.0 Å². The maximum Gasteiger partial charge on any atom is 0.259 e. The molecule has 0 aliphatic carbocycles. The Morgan fingerprint density at radius 2 is 1.85 bits per heavy atom. The number of pyridine rings is 1. The van der Waals surface area contributed by atoms with Crippen molar-refractivity contribution >= 4 is 5.91 Å². The number of carbonyl (C=O) groups is 1. The molecule has 1 rings (SSSR count). The van der Waals surface area contributed by atoms with Gasteiger partial charge in [-0.25, -0.2) is 4.57 Å². The molecule has 1 aromatic heterocycles. The smallest absolute Gasteiger partial charge is 0.259 e. The van der Waals surface area contributed by atoms with Gasteiger partial charge in [0.05, 0.1) is 0 Å². The second kappa shape index (κ2) is 10.8. The largest absolute Gasteiger partial charge is 1.00 e. The molecule has 0 atom stereocenters. The first kappa shape index (κ1) is 19.1. The number of nitrogens with zero attached hydrogens (tertiary/aromatic N) is 2. The van der Waals surface area contributed by atoms with Gasteiger partial charge >= 0.3 is 0 Å². The predicted molar refractivity (Wildman–Crippen MR) is 78.0 cm³/mol. The van der Waals surface area contributed by atoms with Crippen LogP contribution in [0.4, 0.5) is 0 Å². The number of carbonyl (C=O) groups excluding carboxylic acids is 1. The summed E-state index contributed by atoms with van der Waals surface area (Å²) in [6, 6.07) is 3.87. The molecule has 20 heavy (non-hydrogen) atoms. The molecule has 0 aliphatic heterocycles. The Balaban J connectivity index is 0.00000361. The van der Waals surface area contributed by atoms with Crippen molar-refractivity contribution in [3.8, 4) is 0 Å². The second-order valence-corrected chi connectivity index (χ2v) is 4.87. The molecule has 0 saturated carbocycles. The molecular formula is C16H27BrN2O. The summed E-state index contributed by atoms with van der Waals surface area (Å²) in [5.41, 5.74) is 0.793. The minimum atomic E-state index is 0. The van der Waals surface area contributed by atoms with Crippen molar-refractivity contribution in [1.29, 1.82) is 0 Å². The van der Waals surface area contributed by atoms with E-state index in [-0.39, 0.29) is 22.9 Å². The summed E-state index contributed by atoms with van der Waals surface area (Å²) < 4.78 is 2.13. The number of rotatable bonds is 8. The fourth-order valence-corrected chi connectivity index (χ4v) is 2.20. The summed E-state index contributed by atoms with van der Waals surface area (Å²) in [5.74, 6) is 0.132. The van der Waals surface area contributed by atoms with Crippen LogP contribution >= 0.6 is 0 Å². The monoisotopic (exact) mass is 342 g/mol. The van der Waals surface area contributed by atoms with Gasteiger partial charge in [0.1, 0.15) is 12.1 Å². The zero-order chi connectivity index (χ0) is 14.1. The van der Waals surface area contributed by atoms with Crippen LogP contribution in [-0.4, -0.2) is 23.9 Å². The lowest BCUT2D eigenvalue weighted by molar-refractivity contribution is -0.697. The van der Waals surface area contributed by atoms with Gasteiger partial charge in [-0.05, 0) is 26.3 Å². The van der Waals surface area contributed by atoms with Crippen LogP contribution in [0, 0.1) is 0 Å². The number of halogens is 1. The zero-order valence-corrected chi connectivity index (χ0v) is 14.5. The molecule has 0 bridgehead atoms. The Hall–Kier alpha value is -0.900. The molecular weight excluding hydrogens is 316 g/mol. The Labute approximate surface area is 133 Å². The van der Waals surface area contributed by atoms with Crippen LogP contribution in [0.25, 0.3) is 0 Å². The van der Waals surface area contributed by atoms with Gasteiger partial charge in [0.2, 0.25) is 0 Å². The molecule has 0 N–H and O–H groups in total. The first-order chi connectivity index (χ1) is 9.22. The van der Waals surface area contributed by atoms with Gasteiger partial charge in [0.15, 0.2) is 12.4 Å². The minimum Gasteiger partial charge on any atom is -1.00 e. The molecule has 0 aliphatic rings. The van der Waals surface area contributed by atoms with E-state index in [0.717, 1.165) is 25.2 Å². The van der Waals surface area contributed by atoms with Crippen LogP contribution in [-0.2, 0) is 6.54 Å². The predicted octanol–water partition coefficient (Wildman–Crippen LogP) is 0.0404. The van der Waals surface area contributed by atoms with Crippen LogP contribution in [0.2, 0.25) is 0 Å².